The van der Waals surface area contributed by atoms with Gasteiger partial charge in [0, 0.05) is 16.2 Å². The lowest BCUT2D eigenvalue weighted by molar-refractivity contribution is -0.111. The Hall–Kier alpha value is -2.85. The molecule has 0 spiro atoms. The fourth-order valence-corrected chi connectivity index (χ4v) is 2.42. The van der Waals surface area contributed by atoms with Gasteiger partial charge >= 0.3 is 0 Å². The van der Waals surface area contributed by atoms with Crippen LogP contribution in [0.2, 0.25) is 0 Å². The van der Waals surface area contributed by atoms with Crippen LogP contribution in [-0.4, -0.2) is 5.91 Å². The van der Waals surface area contributed by atoms with Crippen molar-refractivity contribution in [3.05, 3.63) is 95.0 Å². The number of para-hydroxylation sites is 1. The van der Waals surface area contributed by atoms with Crippen molar-refractivity contribution in [2.75, 3.05) is 5.32 Å². The number of benzene rings is 3. The standard InChI is InChI=1S/C21H16BrNO2/c22-17-9-6-16(7-10-17)8-15-21(24)23-18-11-13-20(14-12-18)25-19-4-2-1-3-5-19/h1-15H,(H,23,24)/b15-8+. The summed E-state index contributed by atoms with van der Waals surface area (Å²) in [5.74, 6) is 1.31. The maximum absolute atomic E-state index is 12.0. The van der Waals surface area contributed by atoms with Crippen molar-refractivity contribution < 1.29 is 9.53 Å². The maximum Gasteiger partial charge on any atom is 0.248 e. The molecule has 0 aliphatic carbocycles. The zero-order chi connectivity index (χ0) is 17.5. The summed E-state index contributed by atoms with van der Waals surface area (Å²) < 4.78 is 6.73. The number of anilines is 1. The SMILES string of the molecule is O=C(/C=C/c1ccc(Br)cc1)Nc1ccc(Oc2ccccc2)cc1. The van der Waals surface area contributed by atoms with E-state index in [0.717, 1.165) is 21.5 Å². The van der Waals surface area contributed by atoms with Gasteiger partial charge in [-0.2, -0.15) is 0 Å². The molecule has 3 aromatic carbocycles. The summed E-state index contributed by atoms with van der Waals surface area (Å²) in [5.41, 5.74) is 1.68. The topological polar surface area (TPSA) is 38.3 Å². The van der Waals surface area contributed by atoms with Crippen LogP contribution in [0, 0.1) is 0 Å². The fourth-order valence-electron chi connectivity index (χ4n) is 2.16. The van der Waals surface area contributed by atoms with Crippen LogP contribution in [0.15, 0.2) is 89.4 Å². The molecule has 0 aromatic heterocycles. The van der Waals surface area contributed by atoms with Gasteiger partial charge in [-0.1, -0.05) is 46.3 Å². The van der Waals surface area contributed by atoms with E-state index in [1.807, 2.05) is 78.9 Å². The molecule has 0 saturated heterocycles. The minimum atomic E-state index is -0.181. The molecular formula is C21H16BrNO2. The van der Waals surface area contributed by atoms with Gasteiger partial charge in [-0.25, -0.2) is 0 Å². The van der Waals surface area contributed by atoms with Crippen LogP contribution in [0.3, 0.4) is 0 Å². The van der Waals surface area contributed by atoms with Gasteiger partial charge in [-0.3, -0.25) is 4.79 Å². The highest BCUT2D eigenvalue weighted by Gasteiger charge is 2.00. The third-order valence-electron chi connectivity index (χ3n) is 3.40. The van der Waals surface area contributed by atoms with Crippen molar-refractivity contribution in [2.45, 2.75) is 0 Å². The number of hydrogen-bond donors (Lipinski definition) is 1. The molecule has 124 valence electrons. The van der Waals surface area contributed by atoms with Crippen molar-refractivity contribution >= 4 is 33.6 Å². The van der Waals surface area contributed by atoms with E-state index in [1.165, 1.54) is 6.08 Å². The van der Waals surface area contributed by atoms with E-state index in [9.17, 15) is 4.79 Å². The Labute approximate surface area is 155 Å². The molecule has 3 rings (SSSR count). The monoisotopic (exact) mass is 393 g/mol. The second-order valence-corrected chi connectivity index (χ2v) is 6.23. The Bertz CT molecular complexity index is 857. The Morgan fingerprint density at radius 3 is 2.16 bits per heavy atom. The van der Waals surface area contributed by atoms with E-state index in [2.05, 4.69) is 21.2 Å². The normalized spacial score (nSPS) is 10.6. The summed E-state index contributed by atoms with van der Waals surface area (Å²) in [5, 5.41) is 2.82. The lowest BCUT2D eigenvalue weighted by Gasteiger charge is -2.07. The first-order valence-corrected chi connectivity index (χ1v) is 8.56. The van der Waals surface area contributed by atoms with Crippen molar-refractivity contribution in [1.82, 2.24) is 0 Å². The molecule has 0 atom stereocenters. The van der Waals surface area contributed by atoms with Crippen LogP contribution in [-0.2, 0) is 4.79 Å². The summed E-state index contributed by atoms with van der Waals surface area (Å²) in [4.78, 5) is 12.0. The van der Waals surface area contributed by atoms with Gasteiger partial charge in [0.2, 0.25) is 5.91 Å². The van der Waals surface area contributed by atoms with Gasteiger partial charge in [0.1, 0.15) is 11.5 Å². The van der Waals surface area contributed by atoms with Gasteiger partial charge in [-0.15, -0.1) is 0 Å². The molecule has 0 aliphatic rings. The average molecular weight is 394 g/mol. The Kier molecular flexibility index (Phi) is 5.65. The van der Waals surface area contributed by atoms with Crippen molar-refractivity contribution in [1.29, 1.82) is 0 Å². The molecule has 1 N–H and O–H groups in total. The molecule has 0 saturated carbocycles. The first kappa shape index (κ1) is 17.0. The summed E-state index contributed by atoms with van der Waals surface area (Å²) in [7, 11) is 0. The molecule has 3 nitrogen and oxygen atoms in total. The highest BCUT2D eigenvalue weighted by atomic mass is 79.9. The van der Waals surface area contributed by atoms with Crippen molar-refractivity contribution in [3.8, 4) is 11.5 Å². The molecule has 0 radical (unpaired) electrons. The molecule has 4 heteroatoms. The molecule has 0 heterocycles. The predicted molar refractivity (Wildman–Crippen MR) is 105 cm³/mol. The fraction of sp³-hybridized carbons (Fsp3) is 0. The second kappa shape index (κ2) is 8.31. The van der Waals surface area contributed by atoms with Gasteiger partial charge in [0.05, 0.1) is 0 Å². The second-order valence-electron chi connectivity index (χ2n) is 5.31. The number of rotatable bonds is 5. The number of halogens is 1. The number of hydrogen-bond acceptors (Lipinski definition) is 2. The van der Waals surface area contributed by atoms with Gasteiger partial charge in [0.25, 0.3) is 0 Å². The first-order valence-electron chi connectivity index (χ1n) is 7.77. The largest absolute Gasteiger partial charge is 0.457 e. The number of carbonyl (C=O) groups is 1. The van der Waals surface area contributed by atoms with E-state index < -0.39 is 0 Å². The molecule has 1 amide bonds. The van der Waals surface area contributed by atoms with Crippen LogP contribution in [0.1, 0.15) is 5.56 Å². The molecule has 0 aliphatic heterocycles. The third-order valence-corrected chi connectivity index (χ3v) is 3.93. The predicted octanol–water partition coefficient (Wildman–Crippen LogP) is 5.89. The zero-order valence-corrected chi connectivity index (χ0v) is 14.9. The molecule has 25 heavy (non-hydrogen) atoms. The minimum absolute atomic E-state index is 0.181. The molecule has 0 unspecified atom stereocenters. The van der Waals surface area contributed by atoms with Crippen LogP contribution in [0.5, 0.6) is 11.5 Å². The van der Waals surface area contributed by atoms with Crippen LogP contribution in [0.25, 0.3) is 6.08 Å². The molecule has 0 bridgehead atoms. The van der Waals surface area contributed by atoms with E-state index in [0.29, 0.717) is 5.69 Å². The van der Waals surface area contributed by atoms with Gasteiger partial charge in [0.15, 0.2) is 0 Å². The first-order chi connectivity index (χ1) is 12.2. The summed E-state index contributed by atoms with van der Waals surface area (Å²) >= 11 is 3.38. The van der Waals surface area contributed by atoms with E-state index in [-0.39, 0.29) is 5.91 Å². The van der Waals surface area contributed by atoms with Crippen molar-refractivity contribution in [3.63, 3.8) is 0 Å². The number of amides is 1. The van der Waals surface area contributed by atoms with Crippen LogP contribution >= 0.6 is 15.9 Å². The molecule has 0 fully saturated rings. The lowest BCUT2D eigenvalue weighted by atomic mass is 10.2. The third kappa shape index (κ3) is 5.33. The van der Waals surface area contributed by atoms with Gasteiger partial charge < -0.3 is 10.1 Å². The highest BCUT2D eigenvalue weighted by molar-refractivity contribution is 9.10. The van der Waals surface area contributed by atoms with Crippen LogP contribution in [0.4, 0.5) is 5.69 Å². The number of carbonyl (C=O) groups excluding carboxylic acids is 1. The Morgan fingerprint density at radius 1 is 0.840 bits per heavy atom. The summed E-state index contributed by atoms with van der Waals surface area (Å²) in [6.45, 7) is 0. The Morgan fingerprint density at radius 2 is 1.48 bits per heavy atom. The van der Waals surface area contributed by atoms with Crippen molar-refractivity contribution in [2.24, 2.45) is 0 Å². The number of nitrogens with one attached hydrogen (secondary N) is 1. The molecule has 3 aromatic rings. The number of ether oxygens (including phenoxy) is 1. The van der Waals surface area contributed by atoms with Gasteiger partial charge in [-0.05, 0) is 60.2 Å². The smallest absolute Gasteiger partial charge is 0.248 e. The highest BCUT2D eigenvalue weighted by Crippen LogP contribution is 2.22. The maximum atomic E-state index is 12.0. The molecular weight excluding hydrogens is 378 g/mol. The lowest BCUT2D eigenvalue weighted by Crippen LogP contribution is -2.07. The minimum Gasteiger partial charge on any atom is -0.457 e. The van der Waals surface area contributed by atoms with Crippen LogP contribution < -0.4 is 10.1 Å². The Balaban J connectivity index is 1.57. The van der Waals surface area contributed by atoms with E-state index in [1.54, 1.807) is 6.08 Å². The van der Waals surface area contributed by atoms with E-state index >= 15 is 0 Å². The average Bonchev–Trinajstić information content (AvgIpc) is 2.64. The van der Waals surface area contributed by atoms with E-state index in [4.69, 9.17) is 4.74 Å². The summed E-state index contributed by atoms with van der Waals surface area (Å²) in [6.07, 6.45) is 3.28. The quantitative estimate of drug-likeness (QED) is 0.548. The zero-order valence-electron chi connectivity index (χ0n) is 13.4. The summed E-state index contributed by atoms with van der Waals surface area (Å²) in [6, 6.07) is 24.6.